The monoisotopic (exact) mass is 444 g/mol. The van der Waals surface area contributed by atoms with Crippen LogP contribution in [0.25, 0.3) is 11.1 Å². The molecule has 1 N–H and O–H groups in total. The second-order valence-corrected chi connectivity index (χ2v) is 8.85. The average Bonchev–Trinajstić information content (AvgIpc) is 3.52. The summed E-state index contributed by atoms with van der Waals surface area (Å²) in [7, 11) is 0. The smallest absolute Gasteiger partial charge is 0.235 e. The zero-order chi connectivity index (χ0) is 23.0. The highest BCUT2D eigenvalue weighted by Crippen LogP contribution is 2.51. The Labute approximate surface area is 196 Å². The maximum atomic E-state index is 13.3. The standard InChI is InChI=1S/C28H30N2O3.H2/c1-4-30(5-2)23-11-7-20(8-12-23)24-17-22(10-6-19(24)3)29-27(31)28(14-15-28)21-9-13-25-26(16-21)33-18-32-25;/h6-13,16-17H,4-5,14-15,18H2,1-3H3,(H,29,31);1H. The second-order valence-electron chi connectivity index (χ2n) is 8.85. The molecule has 1 aliphatic heterocycles. The molecule has 0 spiro atoms. The van der Waals surface area contributed by atoms with E-state index in [1.54, 1.807) is 0 Å². The molecule has 5 rings (SSSR count). The van der Waals surface area contributed by atoms with E-state index < -0.39 is 5.41 Å². The summed E-state index contributed by atoms with van der Waals surface area (Å²) < 4.78 is 10.9. The molecule has 0 radical (unpaired) electrons. The van der Waals surface area contributed by atoms with Crippen molar-refractivity contribution in [3.63, 3.8) is 0 Å². The molecule has 0 aromatic heterocycles. The van der Waals surface area contributed by atoms with Crippen LogP contribution in [0.2, 0.25) is 0 Å². The van der Waals surface area contributed by atoms with E-state index in [4.69, 9.17) is 9.47 Å². The quantitative estimate of drug-likeness (QED) is 0.475. The van der Waals surface area contributed by atoms with E-state index in [2.05, 4.69) is 67.4 Å². The number of nitrogens with one attached hydrogen (secondary N) is 1. The number of nitrogens with zero attached hydrogens (tertiary/aromatic N) is 1. The number of rotatable bonds is 7. The van der Waals surface area contributed by atoms with Gasteiger partial charge in [-0.15, -0.1) is 0 Å². The minimum atomic E-state index is -0.489. The fourth-order valence-corrected chi connectivity index (χ4v) is 4.67. The van der Waals surface area contributed by atoms with Crippen LogP contribution in [-0.2, 0) is 10.2 Å². The molecular weight excluding hydrogens is 412 g/mol. The van der Waals surface area contributed by atoms with Crippen LogP contribution < -0.4 is 19.7 Å². The molecule has 0 unspecified atom stereocenters. The van der Waals surface area contributed by atoms with Crippen LogP contribution >= 0.6 is 0 Å². The van der Waals surface area contributed by atoms with Gasteiger partial charge in [0.2, 0.25) is 12.7 Å². The highest BCUT2D eigenvalue weighted by Gasteiger charge is 2.51. The van der Waals surface area contributed by atoms with Crippen LogP contribution in [0.4, 0.5) is 11.4 Å². The zero-order valence-electron chi connectivity index (χ0n) is 19.5. The summed E-state index contributed by atoms with van der Waals surface area (Å²) >= 11 is 0. The summed E-state index contributed by atoms with van der Waals surface area (Å²) in [4.78, 5) is 15.7. The van der Waals surface area contributed by atoms with Gasteiger partial charge in [-0.1, -0.05) is 24.3 Å². The van der Waals surface area contributed by atoms with Crippen LogP contribution in [0.3, 0.4) is 0 Å². The van der Waals surface area contributed by atoms with Gasteiger partial charge >= 0.3 is 0 Å². The third-order valence-corrected chi connectivity index (χ3v) is 6.91. The van der Waals surface area contributed by atoms with Gasteiger partial charge in [0.05, 0.1) is 5.41 Å². The first kappa shape index (κ1) is 21.4. The van der Waals surface area contributed by atoms with Crippen molar-refractivity contribution >= 4 is 17.3 Å². The van der Waals surface area contributed by atoms with Crippen LogP contribution in [0.15, 0.2) is 60.7 Å². The lowest BCUT2D eigenvalue weighted by Gasteiger charge is -2.21. The summed E-state index contributed by atoms with van der Waals surface area (Å²) in [6, 6.07) is 20.6. The van der Waals surface area contributed by atoms with Gasteiger partial charge in [-0.2, -0.15) is 0 Å². The van der Waals surface area contributed by atoms with E-state index in [-0.39, 0.29) is 14.1 Å². The highest BCUT2D eigenvalue weighted by atomic mass is 16.7. The summed E-state index contributed by atoms with van der Waals surface area (Å²) in [6.07, 6.45) is 1.67. The van der Waals surface area contributed by atoms with E-state index in [9.17, 15) is 4.79 Å². The van der Waals surface area contributed by atoms with Gasteiger partial charge in [-0.25, -0.2) is 0 Å². The Morgan fingerprint density at radius 3 is 2.39 bits per heavy atom. The van der Waals surface area contributed by atoms with Gasteiger partial charge in [0.15, 0.2) is 11.5 Å². The van der Waals surface area contributed by atoms with Gasteiger partial charge in [0.1, 0.15) is 0 Å². The van der Waals surface area contributed by atoms with Crippen molar-refractivity contribution in [1.29, 1.82) is 0 Å². The van der Waals surface area contributed by atoms with Crippen LogP contribution in [0, 0.1) is 6.92 Å². The molecule has 1 heterocycles. The van der Waals surface area contributed by atoms with Crippen LogP contribution in [0.1, 0.15) is 39.2 Å². The Hall–Kier alpha value is -3.47. The van der Waals surface area contributed by atoms with Crippen molar-refractivity contribution in [2.24, 2.45) is 0 Å². The molecule has 5 nitrogen and oxygen atoms in total. The fraction of sp³-hybridized carbons (Fsp3) is 0.321. The zero-order valence-corrected chi connectivity index (χ0v) is 19.5. The molecule has 0 saturated heterocycles. The molecule has 1 saturated carbocycles. The van der Waals surface area contributed by atoms with Gasteiger partial charge in [0, 0.05) is 25.9 Å². The SMILES string of the molecule is CCN(CC)c1ccc(-c2cc(NC(=O)C3(c4ccc5c(c4)OCO5)CC3)ccc2C)cc1.[HH]. The maximum absolute atomic E-state index is 13.3. The van der Waals surface area contributed by atoms with Crippen molar-refractivity contribution in [1.82, 2.24) is 0 Å². The topological polar surface area (TPSA) is 50.8 Å². The Morgan fingerprint density at radius 2 is 1.70 bits per heavy atom. The fourth-order valence-electron chi connectivity index (χ4n) is 4.67. The summed E-state index contributed by atoms with van der Waals surface area (Å²) in [5, 5.41) is 3.18. The third-order valence-electron chi connectivity index (χ3n) is 6.91. The number of amides is 1. The predicted molar refractivity (Wildman–Crippen MR) is 134 cm³/mol. The minimum Gasteiger partial charge on any atom is -0.454 e. The summed E-state index contributed by atoms with van der Waals surface area (Å²) in [5.41, 5.74) is 6.01. The minimum absolute atomic E-state index is 0. The first-order valence-corrected chi connectivity index (χ1v) is 11.7. The number of hydrogen-bond acceptors (Lipinski definition) is 4. The first-order chi connectivity index (χ1) is 16.0. The number of hydrogen-bond donors (Lipinski definition) is 1. The van der Waals surface area contributed by atoms with E-state index >= 15 is 0 Å². The summed E-state index contributed by atoms with van der Waals surface area (Å²) in [5.74, 6) is 1.50. The molecule has 3 aromatic rings. The summed E-state index contributed by atoms with van der Waals surface area (Å²) in [6.45, 7) is 8.66. The number of benzene rings is 3. The highest BCUT2D eigenvalue weighted by molar-refractivity contribution is 6.02. The molecule has 5 heteroatoms. The second kappa shape index (κ2) is 8.47. The molecule has 1 aliphatic carbocycles. The van der Waals surface area contributed by atoms with Gasteiger partial charge in [-0.05, 0) is 92.3 Å². The van der Waals surface area contributed by atoms with Crippen molar-refractivity contribution in [2.45, 2.75) is 39.0 Å². The molecule has 3 aromatic carbocycles. The van der Waals surface area contributed by atoms with E-state index in [1.165, 1.54) is 11.3 Å². The van der Waals surface area contributed by atoms with Crippen molar-refractivity contribution in [2.75, 3.05) is 30.1 Å². The Bertz CT molecular complexity index is 1180. The molecule has 1 fully saturated rings. The molecular formula is C28H32N2O3. The number of carbonyl (C=O) groups is 1. The molecule has 0 bridgehead atoms. The maximum Gasteiger partial charge on any atom is 0.235 e. The lowest BCUT2D eigenvalue weighted by molar-refractivity contribution is -0.118. The normalized spacial score (nSPS) is 15.2. The van der Waals surface area contributed by atoms with E-state index in [0.29, 0.717) is 0 Å². The van der Waals surface area contributed by atoms with Crippen LogP contribution in [-0.4, -0.2) is 25.8 Å². The van der Waals surface area contributed by atoms with Crippen molar-refractivity contribution in [3.8, 4) is 22.6 Å². The Kier molecular flexibility index (Phi) is 5.49. The first-order valence-electron chi connectivity index (χ1n) is 11.7. The predicted octanol–water partition coefficient (Wildman–Crippen LogP) is 6.15. The van der Waals surface area contributed by atoms with E-state index in [0.717, 1.165) is 59.8 Å². The average molecular weight is 445 g/mol. The lowest BCUT2D eigenvalue weighted by Crippen LogP contribution is -2.27. The number of fused-ring (bicyclic) bond motifs is 1. The molecule has 33 heavy (non-hydrogen) atoms. The van der Waals surface area contributed by atoms with Crippen molar-refractivity contribution < 1.29 is 15.7 Å². The number of carbonyl (C=O) groups excluding carboxylic acids is 1. The molecule has 2 aliphatic rings. The molecule has 0 atom stereocenters. The number of aryl methyl sites for hydroxylation is 1. The van der Waals surface area contributed by atoms with E-state index in [1.807, 2.05) is 24.3 Å². The van der Waals surface area contributed by atoms with Gasteiger partial charge in [-0.3, -0.25) is 4.79 Å². The van der Waals surface area contributed by atoms with Gasteiger partial charge in [0.25, 0.3) is 0 Å². The largest absolute Gasteiger partial charge is 0.454 e. The number of anilines is 2. The number of ether oxygens (including phenoxy) is 2. The third kappa shape index (κ3) is 3.92. The van der Waals surface area contributed by atoms with Crippen LogP contribution in [0.5, 0.6) is 11.5 Å². The molecule has 1 amide bonds. The van der Waals surface area contributed by atoms with Gasteiger partial charge < -0.3 is 19.7 Å². The van der Waals surface area contributed by atoms with Crippen molar-refractivity contribution in [3.05, 3.63) is 71.8 Å². The lowest BCUT2D eigenvalue weighted by atomic mass is 9.94. The molecule has 172 valence electrons. The Balaban J connectivity index is 0.00000274. The Morgan fingerprint density at radius 1 is 0.970 bits per heavy atom.